The molecule has 0 aliphatic heterocycles. The van der Waals surface area contributed by atoms with Crippen molar-refractivity contribution in [2.75, 3.05) is 19.0 Å². The monoisotopic (exact) mass is 370 g/mol. The first kappa shape index (κ1) is 20.0. The van der Waals surface area contributed by atoms with E-state index in [-0.39, 0.29) is 30.0 Å². The van der Waals surface area contributed by atoms with E-state index in [9.17, 15) is 14.4 Å². The van der Waals surface area contributed by atoms with E-state index in [1.807, 2.05) is 24.3 Å². The quantitative estimate of drug-likeness (QED) is 0.697. The number of Topliss-reactive ketones (excluding diaryl/α,β-unsaturated/α-hetero) is 1. The van der Waals surface area contributed by atoms with Gasteiger partial charge in [0.25, 0.3) is 5.91 Å². The Labute approximate surface area is 157 Å². The van der Waals surface area contributed by atoms with E-state index in [4.69, 9.17) is 9.47 Å². The van der Waals surface area contributed by atoms with E-state index >= 15 is 0 Å². The molecule has 0 saturated carbocycles. The third-order valence-corrected chi connectivity index (χ3v) is 3.68. The summed E-state index contributed by atoms with van der Waals surface area (Å²) in [6, 6.07) is 12.0. The fourth-order valence-electron chi connectivity index (χ4n) is 2.33. The number of rotatable bonds is 8. The van der Waals surface area contributed by atoms with E-state index < -0.39 is 0 Å². The van der Waals surface area contributed by atoms with Crippen LogP contribution in [-0.2, 0) is 16.1 Å². The smallest absolute Gasteiger partial charge is 0.258 e. The SMILES string of the molecule is COc1cccc(CNC(=O)COc2cc(C(C)=O)ccc2NC(C)=O)c1. The van der Waals surface area contributed by atoms with Crippen LogP contribution in [0.15, 0.2) is 42.5 Å². The maximum Gasteiger partial charge on any atom is 0.258 e. The molecule has 2 aromatic carbocycles. The summed E-state index contributed by atoms with van der Waals surface area (Å²) in [6.07, 6.45) is 0. The molecule has 0 spiro atoms. The minimum atomic E-state index is -0.333. The largest absolute Gasteiger partial charge is 0.497 e. The Bertz CT molecular complexity index is 848. The zero-order valence-electron chi connectivity index (χ0n) is 15.5. The molecule has 2 aromatic rings. The van der Waals surface area contributed by atoms with Gasteiger partial charge in [0.1, 0.15) is 11.5 Å². The lowest BCUT2D eigenvalue weighted by atomic mass is 10.1. The van der Waals surface area contributed by atoms with Crippen LogP contribution < -0.4 is 20.1 Å². The fourth-order valence-corrected chi connectivity index (χ4v) is 2.33. The van der Waals surface area contributed by atoms with Crippen LogP contribution in [0, 0.1) is 0 Å². The number of hydrogen-bond donors (Lipinski definition) is 2. The number of amides is 2. The minimum absolute atomic E-state index is 0.142. The van der Waals surface area contributed by atoms with Gasteiger partial charge >= 0.3 is 0 Å². The summed E-state index contributed by atoms with van der Waals surface area (Å²) < 4.78 is 10.7. The second-order valence-corrected chi connectivity index (χ2v) is 5.87. The number of methoxy groups -OCH3 is 1. The molecule has 0 aliphatic carbocycles. The van der Waals surface area contributed by atoms with Crippen molar-refractivity contribution in [2.45, 2.75) is 20.4 Å². The minimum Gasteiger partial charge on any atom is -0.497 e. The average molecular weight is 370 g/mol. The highest BCUT2D eigenvalue weighted by molar-refractivity contribution is 5.96. The Morgan fingerprint density at radius 1 is 1.04 bits per heavy atom. The zero-order valence-corrected chi connectivity index (χ0v) is 15.5. The highest BCUT2D eigenvalue weighted by atomic mass is 16.5. The Balaban J connectivity index is 1.99. The lowest BCUT2D eigenvalue weighted by molar-refractivity contribution is -0.123. The van der Waals surface area contributed by atoms with Crippen LogP contribution >= 0.6 is 0 Å². The van der Waals surface area contributed by atoms with Gasteiger partial charge in [-0.3, -0.25) is 14.4 Å². The number of carbonyl (C=O) groups is 3. The van der Waals surface area contributed by atoms with Crippen LogP contribution in [0.4, 0.5) is 5.69 Å². The molecule has 0 bridgehead atoms. The van der Waals surface area contributed by atoms with E-state index in [0.29, 0.717) is 23.5 Å². The predicted molar refractivity (Wildman–Crippen MR) is 101 cm³/mol. The molecule has 2 rings (SSSR count). The van der Waals surface area contributed by atoms with E-state index in [1.54, 1.807) is 19.2 Å². The molecule has 27 heavy (non-hydrogen) atoms. The summed E-state index contributed by atoms with van der Waals surface area (Å²) in [4.78, 5) is 34.9. The molecule has 7 heteroatoms. The molecule has 0 aromatic heterocycles. The summed E-state index contributed by atoms with van der Waals surface area (Å²) in [5, 5.41) is 5.36. The molecule has 0 heterocycles. The van der Waals surface area contributed by atoms with Gasteiger partial charge in [0.2, 0.25) is 5.91 Å². The number of benzene rings is 2. The van der Waals surface area contributed by atoms with Crippen molar-refractivity contribution >= 4 is 23.3 Å². The van der Waals surface area contributed by atoms with Crippen molar-refractivity contribution in [1.29, 1.82) is 0 Å². The van der Waals surface area contributed by atoms with Gasteiger partial charge in [-0.1, -0.05) is 12.1 Å². The van der Waals surface area contributed by atoms with E-state index in [1.165, 1.54) is 19.9 Å². The highest BCUT2D eigenvalue weighted by Gasteiger charge is 2.11. The molecule has 0 atom stereocenters. The third kappa shape index (κ3) is 6.14. The van der Waals surface area contributed by atoms with Gasteiger partial charge < -0.3 is 20.1 Å². The van der Waals surface area contributed by atoms with Gasteiger partial charge in [0.15, 0.2) is 12.4 Å². The Hall–Kier alpha value is -3.35. The van der Waals surface area contributed by atoms with E-state index in [0.717, 1.165) is 5.56 Å². The molecule has 2 amide bonds. The molecule has 0 aliphatic rings. The number of hydrogen-bond acceptors (Lipinski definition) is 5. The van der Waals surface area contributed by atoms with Crippen molar-refractivity contribution in [1.82, 2.24) is 5.32 Å². The average Bonchev–Trinajstić information content (AvgIpc) is 2.65. The van der Waals surface area contributed by atoms with Crippen LogP contribution in [0.25, 0.3) is 0 Å². The molecular formula is C20H22N2O5. The van der Waals surface area contributed by atoms with Crippen LogP contribution in [-0.4, -0.2) is 31.3 Å². The van der Waals surface area contributed by atoms with Crippen molar-refractivity contribution in [3.05, 3.63) is 53.6 Å². The maximum absolute atomic E-state index is 12.1. The van der Waals surface area contributed by atoms with Crippen molar-refractivity contribution in [3.8, 4) is 11.5 Å². The molecule has 0 unspecified atom stereocenters. The standard InChI is InChI=1S/C20H22N2O5/c1-13(23)16-7-8-18(22-14(2)24)19(10-16)27-12-20(25)21-11-15-5-4-6-17(9-15)26-3/h4-10H,11-12H2,1-3H3,(H,21,25)(H,22,24). The fraction of sp³-hybridized carbons (Fsp3) is 0.250. The molecular weight excluding hydrogens is 348 g/mol. The molecule has 7 nitrogen and oxygen atoms in total. The lowest BCUT2D eigenvalue weighted by Crippen LogP contribution is -2.28. The van der Waals surface area contributed by atoms with Gasteiger partial charge in [-0.05, 0) is 42.8 Å². The Morgan fingerprint density at radius 3 is 2.48 bits per heavy atom. The Morgan fingerprint density at radius 2 is 1.81 bits per heavy atom. The summed E-state index contributed by atoms with van der Waals surface area (Å²) in [5.74, 6) is 0.211. The van der Waals surface area contributed by atoms with Gasteiger partial charge in [-0.15, -0.1) is 0 Å². The second kappa shape index (κ2) is 9.38. The summed E-state index contributed by atoms with van der Waals surface area (Å²) >= 11 is 0. The third-order valence-electron chi connectivity index (χ3n) is 3.68. The maximum atomic E-state index is 12.1. The number of nitrogens with one attached hydrogen (secondary N) is 2. The first-order valence-electron chi connectivity index (χ1n) is 8.34. The molecule has 142 valence electrons. The summed E-state index contributed by atoms with van der Waals surface area (Å²) in [5.41, 5.74) is 1.71. The first-order chi connectivity index (χ1) is 12.9. The first-order valence-corrected chi connectivity index (χ1v) is 8.34. The van der Waals surface area contributed by atoms with Gasteiger partial charge in [0.05, 0.1) is 12.8 Å². The molecule has 2 N–H and O–H groups in total. The molecule has 0 saturated heterocycles. The molecule has 0 fully saturated rings. The highest BCUT2D eigenvalue weighted by Crippen LogP contribution is 2.26. The number of anilines is 1. The number of carbonyl (C=O) groups excluding carboxylic acids is 3. The Kier molecular flexibility index (Phi) is 6.93. The zero-order chi connectivity index (χ0) is 19.8. The lowest BCUT2D eigenvalue weighted by Gasteiger charge is -2.13. The molecule has 0 radical (unpaired) electrons. The summed E-state index contributed by atoms with van der Waals surface area (Å²) in [7, 11) is 1.58. The predicted octanol–water partition coefficient (Wildman–Crippen LogP) is 2.55. The van der Waals surface area contributed by atoms with Crippen LogP contribution in [0.1, 0.15) is 29.8 Å². The van der Waals surface area contributed by atoms with Crippen molar-refractivity contribution in [2.24, 2.45) is 0 Å². The van der Waals surface area contributed by atoms with Gasteiger partial charge in [-0.2, -0.15) is 0 Å². The number of ether oxygens (including phenoxy) is 2. The van der Waals surface area contributed by atoms with E-state index in [2.05, 4.69) is 10.6 Å². The van der Waals surface area contributed by atoms with Crippen molar-refractivity contribution in [3.63, 3.8) is 0 Å². The van der Waals surface area contributed by atoms with Gasteiger partial charge in [0, 0.05) is 19.0 Å². The van der Waals surface area contributed by atoms with Crippen LogP contribution in [0.5, 0.6) is 11.5 Å². The normalized spacial score (nSPS) is 10.0. The van der Waals surface area contributed by atoms with Crippen molar-refractivity contribution < 1.29 is 23.9 Å². The van der Waals surface area contributed by atoms with Crippen LogP contribution in [0.2, 0.25) is 0 Å². The van der Waals surface area contributed by atoms with Gasteiger partial charge in [-0.25, -0.2) is 0 Å². The number of ketones is 1. The van der Waals surface area contributed by atoms with Crippen LogP contribution in [0.3, 0.4) is 0 Å². The summed E-state index contributed by atoms with van der Waals surface area (Å²) in [6.45, 7) is 2.87. The topological polar surface area (TPSA) is 93.7 Å². The second-order valence-electron chi connectivity index (χ2n) is 5.87.